The third kappa shape index (κ3) is 3.15. The van der Waals surface area contributed by atoms with Crippen LogP contribution in [-0.2, 0) is 6.42 Å². The fraction of sp³-hybridized carbons (Fsp3) is 0.261. The van der Waals surface area contributed by atoms with E-state index in [-0.39, 0.29) is 5.69 Å². The number of benzene rings is 2. The van der Waals surface area contributed by atoms with Gasteiger partial charge in [0.1, 0.15) is 5.76 Å². The molecule has 0 atom stereocenters. The van der Waals surface area contributed by atoms with Gasteiger partial charge in [0.2, 0.25) is 0 Å². The van der Waals surface area contributed by atoms with Crippen LogP contribution in [0.15, 0.2) is 51.8 Å². The maximum atomic E-state index is 13.2. The van der Waals surface area contributed by atoms with E-state index in [1.807, 2.05) is 32.0 Å². The molecule has 0 amide bonds. The lowest BCUT2D eigenvalue weighted by molar-refractivity contribution is 0.392. The monoisotopic (exact) mass is 405 g/mol. The van der Waals surface area contributed by atoms with Crippen molar-refractivity contribution in [2.24, 2.45) is 0 Å². The molecule has 1 saturated carbocycles. The molecule has 146 valence electrons. The quantitative estimate of drug-likeness (QED) is 0.473. The minimum Gasteiger partial charge on any atom is -0.361 e. The van der Waals surface area contributed by atoms with Gasteiger partial charge in [-0.1, -0.05) is 41.0 Å². The summed E-state index contributed by atoms with van der Waals surface area (Å²) in [6.07, 6.45) is 2.89. The molecule has 0 saturated heterocycles. The first-order valence-corrected chi connectivity index (χ1v) is 10.1. The van der Waals surface area contributed by atoms with Crippen LogP contribution < -0.4 is 5.69 Å². The first kappa shape index (κ1) is 18.1. The molecule has 0 radical (unpaired) electrons. The summed E-state index contributed by atoms with van der Waals surface area (Å²) in [5.74, 6) is 1.33. The third-order valence-corrected chi connectivity index (χ3v) is 5.98. The van der Waals surface area contributed by atoms with E-state index in [4.69, 9.17) is 16.1 Å². The second kappa shape index (κ2) is 6.85. The van der Waals surface area contributed by atoms with Gasteiger partial charge in [-0.05, 0) is 56.4 Å². The van der Waals surface area contributed by atoms with Crippen LogP contribution in [0.2, 0.25) is 5.02 Å². The van der Waals surface area contributed by atoms with Gasteiger partial charge < -0.3 is 4.52 Å². The highest BCUT2D eigenvalue weighted by atomic mass is 35.5. The van der Waals surface area contributed by atoms with Crippen LogP contribution >= 0.6 is 11.6 Å². The molecular weight excluding hydrogens is 386 g/mol. The van der Waals surface area contributed by atoms with E-state index in [0.717, 1.165) is 33.6 Å². The van der Waals surface area contributed by atoms with Crippen molar-refractivity contribution in [2.75, 3.05) is 0 Å². The Morgan fingerprint density at radius 1 is 1.17 bits per heavy atom. The maximum Gasteiger partial charge on any atom is 0.352 e. The molecular formula is C23H20ClN3O2. The molecule has 5 rings (SSSR count). The summed E-state index contributed by atoms with van der Waals surface area (Å²) >= 11 is 6.43. The zero-order valence-corrected chi connectivity index (χ0v) is 17.0. The van der Waals surface area contributed by atoms with E-state index in [1.54, 1.807) is 10.6 Å². The number of nitrogens with zero attached hydrogens (tertiary/aromatic N) is 3. The smallest absolute Gasteiger partial charge is 0.352 e. The van der Waals surface area contributed by atoms with Gasteiger partial charge in [0.05, 0.1) is 27.6 Å². The number of rotatable bonds is 4. The van der Waals surface area contributed by atoms with Crippen LogP contribution in [0, 0.1) is 13.8 Å². The van der Waals surface area contributed by atoms with Crippen LogP contribution in [0.4, 0.5) is 0 Å². The highest BCUT2D eigenvalue weighted by Gasteiger charge is 2.25. The Bertz CT molecular complexity index is 1280. The molecule has 2 aromatic carbocycles. The average Bonchev–Trinajstić information content (AvgIpc) is 3.51. The van der Waals surface area contributed by atoms with Crippen molar-refractivity contribution in [3.05, 3.63) is 86.2 Å². The van der Waals surface area contributed by atoms with Crippen LogP contribution in [0.3, 0.4) is 0 Å². The highest BCUT2D eigenvalue weighted by Crippen LogP contribution is 2.41. The lowest BCUT2D eigenvalue weighted by Gasteiger charge is -2.15. The Kier molecular flexibility index (Phi) is 4.28. The van der Waals surface area contributed by atoms with Crippen LogP contribution in [0.1, 0.15) is 47.0 Å². The molecule has 29 heavy (non-hydrogen) atoms. The molecule has 1 aliphatic carbocycles. The number of aromatic nitrogens is 3. The maximum absolute atomic E-state index is 13.2. The van der Waals surface area contributed by atoms with E-state index in [2.05, 4.69) is 28.3 Å². The van der Waals surface area contributed by atoms with E-state index in [0.29, 0.717) is 23.0 Å². The van der Waals surface area contributed by atoms with Gasteiger partial charge in [0, 0.05) is 17.4 Å². The molecule has 0 unspecified atom stereocenters. The van der Waals surface area contributed by atoms with Crippen molar-refractivity contribution in [1.82, 2.24) is 14.7 Å². The van der Waals surface area contributed by atoms with Gasteiger partial charge in [0.15, 0.2) is 0 Å². The van der Waals surface area contributed by atoms with Gasteiger partial charge >= 0.3 is 5.69 Å². The summed E-state index contributed by atoms with van der Waals surface area (Å²) in [5.41, 5.74) is 4.93. The Morgan fingerprint density at radius 2 is 1.97 bits per heavy atom. The molecule has 1 fully saturated rings. The van der Waals surface area contributed by atoms with Crippen molar-refractivity contribution >= 4 is 22.5 Å². The van der Waals surface area contributed by atoms with Crippen molar-refractivity contribution in [1.29, 1.82) is 0 Å². The summed E-state index contributed by atoms with van der Waals surface area (Å²) in [6.45, 7) is 3.79. The number of halogens is 1. The zero-order valence-electron chi connectivity index (χ0n) is 16.3. The number of hydrogen-bond acceptors (Lipinski definition) is 4. The van der Waals surface area contributed by atoms with Gasteiger partial charge in [-0.15, -0.1) is 0 Å². The Labute approximate surface area is 172 Å². The van der Waals surface area contributed by atoms with Crippen molar-refractivity contribution in [3.8, 4) is 5.69 Å². The Morgan fingerprint density at radius 3 is 2.66 bits per heavy atom. The van der Waals surface area contributed by atoms with Crippen LogP contribution in [0.5, 0.6) is 0 Å². The number of para-hydroxylation sites is 1. The van der Waals surface area contributed by atoms with Crippen LogP contribution in [0.25, 0.3) is 16.6 Å². The number of hydrogen-bond donors (Lipinski definition) is 0. The van der Waals surface area contributed by atoms with Crippen molar-refractivity contribution in [2.45, 2.75) is 39.0 Å². The van der Waals surface area contributed by atoms with Crippen molar-refractivity contribution in [3.63, 3.8) is 0 Å². The second-order valence-electron chi connectivity index (χ2n) is 7.66. The molecule has 0 N–H and O–H groups in total. The molecule has 0 bridgehead atoms. The predicted molar refractivity (Wildman–Crippen MR) is 113 cm³/mol. The van der Waals surface area contributed by atoms with Gasteiger partial charge in [-0.2, -0.15) is 4.98 Å². The summed E-state index contributed by atoms with van der Waals surface area (Å²) in [6, 6.07) is 13.7. The lowest BCUT2D eigenvalue weighted by Crippen LogP contribution is -2.24. The molecule has 5 nitrogen and oxygen atoms in total. The van der Waals surface area contributed by atoms with E-state index in [1.165, 1.54) is 18.4 Å². The minimum atomic E-state index is -0.333. The molecule has 4 aromatic rings. The van der Waals surface area contributed by atoms with E-state index in [9.17, 15) is 4.79 Å². The van der Waals surface area contributed by atoms with E-state index >= 15 is 0 Å². The average molecular weight is 406 g/mol. The summed E-state index contributed by atoms with van der Waals surface area (Å²) in [4.78, 5) is 17.6. The van der Waals surface area contributed by atoms with E-state index < -0.39 is 0 Å². The first-order chi connectivity index (χ1) is 14.0. The molecule has 2 heterocycles. The number of aryl methyl sites for hydroxylation is 2. The largest absolute Gasteiger partial charge is 0.361 e. The zero-order chi connectivity index (χ0) is 20.1. The standard InChI is InChI=1S/C23H20ClN3O2/c1-13-18(14(2)29-26-13)12-20-17-10-9-16(15-7-8-15)11-22(17)27(23(28)25-20)21-6-4-3-5-19(21)24/h3-6,9-11,15H,7-8,12H2,1-2H3. The third-order valence-electron chi connectivity index (χ3n) is 5.66. The topological polar surface area (TPSA) is 60.9 Å². The normalized spacial score (nSPS) is 13.9. The second-order valence-corrected chi connectivity index (χ2v) is 8.07. The Balaban J connectivity index is 1.78. The lowest BCUT2D eigenvalue weighted by atomic mass is 10.0. The predicted octanol–water partition coefficient (Wildman–Crippen LogP) is 5.11. The molecule has 0 spiro atoms. The summed E-state index contributed by atoms with van der Waals surface area (Å²) in [5, 5.41) is 5.49. The van der Waals surface area contributed by atoms with Gasteiger partial charge in [-0.3, -0.25) is 4.57 Å². The SMILES string of the molecule is Cc1noc(C)c1Cc1nc(=O)n(-c2ccccc2Cl)c2cc(C3CC3)ccc12. The van der Waals surface area contributed by atoms with Gasteiger partial charge in [-0.25, -0.2) is 4.79 Å². The summed E-state index contributed by atoms with van der Waals surface area (Å²) in [7, 11) is 0. The molecule has 0 aliphatic heterocycles. The summed E-state index contributed by atoms with van der Waals surface area (Å²) < 4.78 is 6.92. The number of fused-ring (bicyclic) bond motifs is 1. The Hall–Kier alpha value is -2.92. The van der Waals surface area contributed by atoms with Crippen molar-refractivity contribution < 1.29 is 4.52 Å². The molecule has 1 aliphatic rings. The first-order valence-electron chi connectivity index (χ1n) is 9.75. The van der Waals surface area contributed by atoms with Crippen LogP contribution in [-0.4, -0.2) is 14.7 Å². The van der Waals surface area contributed by atoms with Gasteiger partial charge in [0.25, 0.3) is 0 Å². The minimum absolute atomic E-state index is 0.333. The fourth-order valence-electron chi connectivity index (χ4n) is 3.90. The highest BCUT2D eigenvalue weighted by molar-refractivity contribution is 6.32. The fourth-order valence-corrected chi connectivity index (χ4v) is 4.12. The molecule has 6 heteroatoms. The molecule has 2 aromatic heterocycles.